The van der Waals surface area contributed by atoms with Gasteiger partial charge in [-0.1, -0.05) is 30.3 Å². The van der Waals surface area contributed by atoms with E-state index in [4.69, 9.17) is 10.5 Å². The molecule has 1 saturated heterocycles. The number of ether oxygens (including phenoxy) is 1. The number of carboxylic acid groups (broad SMARTS) is 1. The summed E-state index contributed by atoms with van der Waals surface area (Å²) in [6.07, 6.45) is 0. The largest absolute Gasteiger partial charge is 0.498 e. The Balaban J connectivity index is 1.73. The predicted octanol–water partition coefficient (Wildman–Crippen LogP) is 0.0289. The molecule has 9 heteroatoms. The molecule has 2 heterocycles. The maximum absolute atomic E-state index is 12.4. The molecule has 2 aliphatic heterocycles. The third-order valence-corrected chi connectivity index (χ3v) is 5.37. The van der Waals surface area contributed by atoms with Gasteiger partial charge in [0, 0.05) is 0 Å². The Morgan fingerprint density at radius 2 is 2.08 bits per heavy atom. The Morgan fingerprint density at radius 1 is 1.40 bits per heavy atom. The highest BCUT2D eigenvalue weighted by Gasteiger charge is 2.54. The van der Waals surface area contributed by atoms with Crippen LogP contribution in [0.4, 0.5) is 0 Å². The average Bonchev–Trinajstić information content (AvgIpc) is 2.64. The zero-order valence-electron chi connectivity index (χ0n) is 13.3. The molecule has 0 saturated carbocycles. The highest BCUT2D eigenvalue weighted by molar-refractivity contribution is 8.00. The van der Waals surface area contributed by atoms with Crippen molar-refractivity contribution in [1.29, 1.82) is 0 Å². The van der Waals surface area contributed by atoms with E-state index in [9.17, 15) is 19.5 Å². The first-order valence-electron chi connectivity index (χ1n) is 7.51. The normalized spacial score (nSPS) is 23.4. The number of fused-ring (bicyclic) bond motifs is 1. The topological polar surface area (TPSA) is 122 Å². The number of carbonyl (C=O) groups excluding carboxylic acids is 2. The van der Waals surface area contributed by atoms with Crippen LogP contribution in [0.2, 0.25) is 0 Å². The lowest BCUT2D eigenvalue weighted by Gasteiger charge is -2.49. The van der Waals surface area contributed by atoms with E-state index in [0.717, 1.165) is 4.90 Å². The van der Waals surface area contributed by atoms with Gasteiger partial charge in [-0.25, -0.2) is 4.79 Å². The Morgan fingerprint density at radius 3 is 2.68 bits per heavy atom. The lowest BCUT2D eigenvalue weighted by Crippen LogP contribution is -2.71. The summed E-state index contributed by atoms with van der Waals surface area (Å²) in [6, 6.07) is 7.10. The van der Waals surface area contributed by atoms with Crippen molar-refractivity contribution in [3.05, 3.63) is 47.4 Å². The lowest BCUT2D eigenvalue weighted by atomic mass is 10.0. The molecule has 1 aromatic carbocycles. The molecule has 8 nitrogen and oxygen atoms in total. The van der Waals surface area contributed by atoms with Crippen LogP contribution in [0.25, 0.3) is 0 Å². The molecule has 0 radical (unpaired) electrons. The van der Waals surface area contributed by atoms with Crippen molar-refractivity contribution < 1.29 is 24.2 Å². The summed E-state index contributed by atoms with van der Waals surface area (Å²) in [5.41, 5.74) is 6.39. The van der Waals surface area contributed by atoms with Crippen LogP contribution >= 0.6 is 11.8 Å². The van der Waals surface area contributed by atoms with Gasteiger partial charge >= 0.3 is 5.97 Å². The van der Waals surface area contributed by atoms with Crippen molar-refractivity contribution in [2.24, 2.45) is 5.73 Å². The smallest absolute Gasteiger partial charge is 0.356 e. The van der Waals surface area contributed by atoms with Gasteiger partial charge in [-0.05, 0) is 5.56 Å². The Bertz CT molecular complexity index is 751. The van der Waals surface area contributed by atoms with Crippen molar-refractivity contribution in [3.63, 3.8) is 0 Å². The number of nitrogens with zero attached hydrogens (tertiary/aromatic N) is 1. The summed E-state index contributed by atoms with van der Waals surface area (Å²) >= 11 is 1.33. The number of rotatable bonds is 5. The molecule has 0 aliphatic carbocycles. The molecule has 132 valence electrons. The Hall–Kier alpha value is -2.52. The molecule has 2 aliphatic rings. The molecule has 1 fully saturated rings. The van der Waals surface area contributed by atoms with E-state index in [2.05, 4.69) is 5.32 Å². The van der Waals surface area contributed by atoms with Crippen molar-refractivity contribution in [3.8, 4) is 0 Å². The maximum Gasteiger partial charge on any atom is 0.356 e. The first-order chi connectivity index (χ1) is 12.0. The molecule has 1 aromatic rings. The standard InChI is InChI=1S/C16H17N3O5S/c1-24-9-7-25-15-11(14(21)19(15)12(9)16(22)23)18-13(20)10(17)8-5-3-2-4-6-8/h2-6,10-11,15H,7,17H2,1H3,(H,18,20)(H,22,23)/t10-,11+,15-/m0/s1. The number of carbonyl (C=O) groups is 3. The van der Waals surface area contributed by atoms with Crippen LogP contribution in [-0.4, -0.2) is 52.1 Å². The molecule has 0 spiro atoms. The second kappa shape index (κ2) is 6.77. The fourth-order valence-electron chi connectivity index (χ4n) is 2.80. The second-order valence-corrected chi connectivity index (χ2v) is 6.67. The number of thioether (sulfide) groups is 1. The highest BCUT2D eigenvalue weighted by atomic mass is 32.2. The van der Waals surface area contributed by atoms with Crippen LogP contribution in [0.1, 0.15) is 11.6 Å². The molecule has 4 N–H and O–H groups in total. The van der Waals surface area contributed by atoms with Gasteiger partial charge in [0.1, 0.15) is 23.2 Å². The first kappa shape index (κ1) is 17.3. The van der Waals surface area contributed by atoms with Crippen molar-refractivity contribution >= 4 is 29.5 Å². The fourth-order valence-corrected chi connectivity index (χ4v) is 4.11. The number of methoxy groups -OCH3 is 1. The van der Waals surface area contributed by atoms with Gasteiger partial charge < -0.3 is 20.9 Å². The Labute approximate surface area is 148 Å². The second-order valence-electron chi connectivity index (χ2n) is 5.57. The number of hydrogen-bond acceptors (Lipinski definition) is 6. The summed E-state index contributed by atoms with van der Waals surface area (Å²) in [5, 5.41) is 11.5. The molecular formula is C16H17N3O5S. The molecule has 3 atom stereocenters. The summed E-state index contributed by atoms with van der Waals surface area (Å²) in [7, 11) is 1.36. The third kappa shape index (κ3) is 2.96. The summed E-state index contributed by atoms with van der Waals surface area (Å²) in [5.74, 6) is -1.67. The Kier molecular flexibility index (Phi) is 4.69. The van der Waals surface area contributed by atoms with Crippen molar-refractivity contribution in [2.45, 2.75) is 17.5 Å². The lowest BCUT2D eigenvalue weighted by molar-refractivity contribution is -0.151. The highest BCUT2D eigenvalue weighted by Crippen LogP contribution is 2.40. The van der Waals surface area contributed by atoms with E-state index in [-0.39, 0.29) is 11.5 Å². The minimum atomic E-state index is -1.23. The maximum atomic E-state index is 12.4. The number of amides is 2. The van der Waals surface area contributed by atoms with Crippen molar-refractivity contribution in [2.75, 3.05) is 12.9 Å². The SMILES string of the molecule is COC1=C(C(=O)O)N2C(=O)[C@@H](NC(=O)[C@@H](N)c3ccccc3)[C@@H]2SC1. The van der Waals surface area contributed by atoms with Crippen LogP contribution < -0.4 is 11.1 Å². The first-order valence-corrected chi connectivity index (χ1v) is 8.56. The van der Waals surface area contributed by atoms with Gasteiger partial charge in [0.05, 0.1) is 12.9 Å². The van der Waals surface area contributed by atoms with E-state index >= 15 is 0 Å². The summed E-state index contributed by atoms with van der Waals surface area (Å²) < 4.78 is 5.06. The zero-order chi connectivity index (χ0) is 18.1. The minimum absolute atomic E-state index is 0.172. The molecule has 0 bridgehead atoms. The van der Waals surface area contributed by atoms with E-state index in [1.165, 1.54) is 18.9 Å². The number of β-lactam (4-membered cyclic amide) rings is 1. The summed E-state index contributed by atoms with van der Waals surface area (Å²) in [4.78, 5) is 37.3. The average molecular weight is 363 g/mol. The molecule has 0 aromatic heterocycles. The molecule has 3 rings (SSSR count). The quantitative estimate of drug-likeness (QED) is 0.631. The minimum Gasteiger partial charge on any atom is -0.498 e. The monoisotopic (exact) mass is 363 g/mol. The van der Waals surface area contributed by atoms with E-state index in [0.29, 0.717) is 11.3 Å². The van der Waals surface area contributed by atoms with Gasteiger partial charge in [0.15, 0.2) is 5.70 Å². The zero-order valence-corrected chi connectivity index (χ0v) is 14.2. The van der Waals surface area contributed by atoms with Crippen LogP contribution in [0.5, 0.6) is 0 Å². The molecular weight excluding hydrogens is 346 g/mol. The van der Waals surface area contributed by atoms with E-state index < -0.39 is 35.2 Å². The summed E-state index contributed by atoms with van der Waals surface area (Å²) in [6.45, 7) is 0. The van der Waals surface area contributed by atoms with Gasteiger partial charge in [-0.2, -0.15) is 0 Å². The number of hydrogen-bond donors (Lipinski definition) is 3. The van der Waals surface area contributed by atoms with Crippen LogP contribution in [0.3, 0.4) is 0 Å². The van der Waals surface area contributed by atoms with Crippen LogP contribution in [0, 0.1) is 0 Å². The molecule has 25 heavy (non-hydrogen) atoms. The van der Waals surface area contributed by atoms with E-state index in [1.54, 1.807) is 24.3 Å². The molecule has 2 amide bonds. The van der Waals surface area contributed by atoms with Gasteiger partial charge in [-0.15, -0.1) is 11.8 Å². The third-order valence-electron chi connectivity index (χ3n) is 4.12. The van der Waals surface area contributed by atoms with Gasteiger partial charge in [0.2, 0.25) is 5.91 Å². The fraction of sp³-hybridized carbons (Fsp3) is 0.312. The van der Waals surface area contributed by atoms with Crippen molar-refractivity contribution in [1.82, 2.24) is 10.2 Å². The predicted molar refractivity (Wildman–Crippen MR) is 90.1 cm³/mol. The van der Waals surface area contributed by atoms with Gasteiger partial charge in [0.25, 0.3) is 5.91 Å². The number of benzene rings is 1. The number of aliphatic carboxylic acids is 1. The molecule has 0 unspecified atom stereocenters. The number of nitrogens with one attached hydrogen (secondary N) is 1. The van der Waals surface area contributed by atoms with Gasteiger partial charge in [-0.3, -0.25) is 14.5 Å². The van der Waals surface area contributed by atoms with Crippen LogP contribution in [0.15, 0.2) is 41.8 Å². The van der Waals surface area contributed by atoms with E-state index in [1.807, 2.05) is 6.07 Å². The number of nitrogens with two attached hydrogens (primary N) is 1. The number of carboxylic acids is 1. The van der Waals surface area contributed by atoms with Crippen LogP contribution in [-0.2, 0) is 19.1 Å².